The number of carboxylic acid groups (broad SMARTS) is 2. The molecule has 22 heavy (non-hydrogen) atoms. The van der Waals surface area contributed by atoms with Gasteiger partial charge in [-0.15, -0.1) is 0 Å². The number of aliphatic carboxylic acids is 2. The molecule has 0 aliphatic rings. The van der Waals surface area contributed by atoms with E-state index in [1.54, 1.807) is 48.5 Å². The van der Waals surface area contributed by atoms with Crippen molar-refractivity contribution in [1.29, 1.82) is 0 Å². The Morgan fingerprint density at radius 3 is 1.64 bits per heavy atom. The van der Waals surface area contributed by atoms with Crippen molar-refractivity contribution in [2.24, 2.45) is 0 Å². The summed E-state index contributed by atoms with van der Waals surface area (Å²) >= 11 is 5.82. The summed E-state index contributed by atoms with van der Waals surface area (Å²) in [7, 11) is 0. The lowest BCUT2D eigenvalue weighted by molar-refractivity contribution is -0.143. The van der Waals surface area contributed by atoms with Crippen molar-refractivity contribution in [2.45, 2.75) is 12.1 Å². The molecule has 6 heteroatoms. The number of carboxylic acids is 2. The van der Waals surface area contributed by atoms with Crippen LogP contribution in [0.15, 0.2) is 60.7 Å². The monoisotopic (exact) mass is 334 g/mol. The summed E-state index contributed by atoms with van der Waals surface area (Å²) in [5, 5.41) is 20.1. The molecule has 1 atom stereocenters. The van der Waals surface area contributed by atoms with Crippen LogP contribution in [-0.2, 0) is 21.4 Å². The standard InChI is InChI=1S/C16H15O4PS/c17-15(18)11-14(16(19)20)21(22,12-7-3-1-4-8-12)13-9-5-2-6-10-13/h1-10,14H,11H2,(H,17,18)(H,19,20). The molecule has 0 aliphatic carbocycles. The van der Waals surface area contributed by atoms with Gasteiger partial charge in [-0.1, -0.05) is 72.5 Å². The highest BCUT2D eigenvalue weighted by molar-refractivity contribution is 8.22. The first-order chi connectivity index (χ1) is 10.5. The van der Waals surface area contributed by atoms with Crippen LogP contribution < -0.4 is 10.6 Å². The largest absolute Gasteiger partial charge is 0.481 e. The number of hydrogen-bond donors (Lipinski definition) is 2. The van der Waals surface area contributed by atoms with E-state index in [1.165, 1.54) is 0 Å². The maximum atomic E-state index is 11.7. The van der Waals surface area contributed by atoms with Crippen LogP contribution in [0.4, 0.5) is 0 Å². The highest BCUT2D eigenvalue weighted by Gasteiger charge is 2.38. The van der Waals surface area contributed by atoms with Crippen LogP contribution in [0.25, 0.3) is 0 Å². The first-order valence-electron chi connectivity index (χ1n) is 6.62. The number of hydrogen-bond acceptors (Lipinski definition) is 3. The second-order valence-corrected chi connectivity index (χ2v) is 9.48. The molecule has 0 radical (unpaired) electrons. The minimum atomic E-state index is -2.79. The van der Waals surface area contributed by atoms with E-state index in [4.69, 9.17) is 16.9 Å². The van der Waals surface area contributed by atoms with Crippen molar-refractivity contribution in [3.8, 4) is 0 Å². The van der Waals surface area contributed by atoms with Gasteiger partial charge >= 0.3 is 11.9 Å². The second-order valence-electron chi connectivity index (χ2n) is 4.78. The molecule has 0 spiro atoms. The van der Waals surface area contributed by atoms with E-state index < -0.39 is 30.1 Å². The maximum absolute atomic E-state index is 11.7. The minimum Gasteiger partial charge on any atom is -0.481 e. The van der Waals surface area contributed by atoms with Crippen molar-refractivity contribution >= 4 is 40.4 Å². The first-order valence-corrected chi connectivity index (χ1v) is 9.49. The van der Waals surface area contributed by atoms with Crippen LogP contribution in [0.3, 0.4) is 0 Å². The molecule has 0 bridgehead atoms. The molecule has 2 N–H and O–H groups in total. The number of benzene rings is 2. The Balaban J connectivity index is 2.67. The Hall–Kier alpha value is -1.97. The van der Waals surface area contributed by atoms with Gasteiger partial charge in [-0.05, 0) is 10.6 Å². The van der Waals surface area contributed by atoms with E-state index in [9.17, 15) is 14.7 Å². The molecule has 2 rings (SSSR count). The Morgan fingerprint density at radius 1 is 0.909 bits per heavy atom. The molecule has 0 saturated heterocycles. The van der Waals surface area contributed by atoms with Crippen LogP contribution in [0.1, 0.15) is 6.42 Å². The Morgan fingerprint density at radius 2 is 1.32 bits per heavy atom. The SMILES string of the molecule is O=C(O)CC(C(=O)O)P(=S)(c1ccccc1)c1ccccc1. The summed E-state index contributed by atoms with van der Waals surface area (Å²) in [5.74, 6) is -2.33. The van der Waals surface area contributed by atoms with Gasteiger partial charge in [0, 0.05) is 6.04 Å². The second kappa shape index (κ2) is 6.86. The predicted molar refractivity (Wildman–Crippen MR) is 90.1 cm³/mol. The molecule has 0 aromatic heterocycles. The predicted octanol–water partition coefficient (Wildman–Crippen LogP) is 2.04. The van der Waals surface area contributed by atoms with Crippen LogP contribution in [0.2, 0.25) is 0 Å². The Bertz CT molecular complexity index is 672. The van der Waals surface area contributed by atoms with Crippen LogP contribution in [0, 0.1) is 0 Å². The minimum absolute atomic E-state index is 0.490. The lowest BCUT2D eigenvalue weighted by atomic mass is 10.3. The van der Waals surface area contributed by atoms with E-state index >= 15 is 0 Å². The highest BCUT2D eigenvalue weighted by Crippen LogP contribution is 2.50. The summed E-state index contributed by atoms with van der Waals surface area (Å²) in [5.41, 5.74) is -1.13. The zero-order chi connectivity index (χ0) is 16.2. The Labute approximate surface area is 133 Å². The van der Waals surface area contributed by atoms with E-state index in [2.05, 4.69) is 0 Å². The summed E-state index contributed by atoms with van der Waals surface area (Å²) in [6, 6.07) is 15.1. The van der Waals surface area contributed by atoms with Gasteiger partial charge in [-0.2, -0.15) is 0 Å². The molecule has 0 heterocycles. The van der Waals surface area contributed by atoms with Crippen molar-refractivity contribution in [3.63, 3.8) is 0 Å². The smallest absolute Gasteiger partial charge is 0.312 e. The topological polar surface area (TPSA) is 74.6 Å². The van der Waals surface area contributed by atoms with Gasteiger partial charge in [0.2, 0.25) is 0 Å². The molecule has 2 aromatic rings. The molecule has 0 amide bonds. The third kappa shape index (κ3) is 3.26. The molecule has 4 nitrogen and oxygen atoms in total. The molecular weight excluding hydrogens is 319 g/mol. The lowest BCUT2D eigenvalue weighted by Gasteiger charge is -2.28. The van der Waals surface area contributed by atoms with Gasteiger partial charge in [-0.3, -0.25) is 9.59 Å². The van der Waals surface area contributed by atoms with Crippen molar-refractivity contribution in [1.82, 2.24) is 0 Å². The van der Waals surface area contributed by atoms with E-state index in [0.29, 0.717) is 10.6 Å². The van der Waals surface area contributed by atoms with Gasteiger partial charge in [0.05, 0.1) is 6.42 Å². The summed E-state index contributed by atoms with van der Waals surface area (Å²) in [4.78, 5) is 22.9. The van der Waals surface area contributed by atoms with Crippen molar-refractivity contribution < 1.29 is 19.8 Å². The fourth-order valence-electron chi connectivity index (χ4n) is 2.34. The van der Waals surface area contributed by atoms with Gasteiger partial charge in [0.15, 0.2) is 0 Å². The van der Waals surface area contributed by atoms with E-state index in [-0.39, 0.29) is 0 Å². The fourth-order valence-corrected chi connectivity index (χ4v) is 6.54. The quantitative estimate of drug-likeness (QED) is 0.791. The summed E-state index contributed by atoms with van der Waals surface area (Å²) in [6.07, 6.45) is -0.490. The molecular formula is C16H15O4PS. The van der Waals surface area contributed by atoms with Crippen LogP contribution in [-0.4, -0.2) is 27.8 Å². The number of carbonyl (C=O) groups is 2. The van der Waals surface area contributed by atoms with E-state index in [0.717, 1.165) is 0 Å². The van der Waals surface area contributed by atoms with Gasteiger partial charge < -0.3 is 10.2 Å². The van der Waals surface area contributed by atoms with Gasteiger partial charge in [0.25, 0.3) is 0 Å². The molecule has 1 unspecified atom stereocenters. The molecule has 0 aliphatic heterocycles. The lowest BCUT2D eigenvalue weighted by Crippen LogP contribution is -2.33. The van der Waals surface area contributed by atoms with E-state index in [1.807, 2.05) is 12.1 Å². The van der Waals surface area contributed by atoms with Crippen LogP contribution in [0.5, 0.6) is 0 Å². The average Bonchev–Trinajstić information content (AvgIpc) is 2.53. The molecule has 0 saturated carbocycles. The summed E-state index contributed by atoms with van der Waals surface area (Å²) < 4.78 is 0. The zero-order valence-electron chi connectivity index (χ0n) is 11.6. The Kier molecular flexibility index (Phi) is 5.11. The van der Waals surface area contributed by atoms with Crippen LogP contribution >= 0.6 is 6.04 Å². The van der Waals surface area contributed by atoms with Crippen molar-refractivity contribution in [3.05, 3.63) is 60.7 Å². The fraction of sp³-hybridized carbons (Fsp3) is 0.125. The molecule has 2 aromatic carbocycles. The zero-order valence-corrected chi connectivity index (χ0v) is 13.3. The summed E-state index contributed by atoms with van der Waals surface area (Å²) in [6.45, 7) is 0. The number of rotatable bonds is 6. The average molecular weight is 334 g/mol. The highest BCUT2D eigenvalue weighted by atomic mass is 32.4. The van der Waals surface area contributed by atoms with Gasteiger partial charge in [0.1, 0.15) is 5.66 Å². The van der Waals surface area contributed by atoms with Gasteiger partial charge in [-0.25, -0.2) is 0 Å². The third-order valence-electron chi connectivity index (χ3n) is 3.37. The normalized spacial score (nSPS) is 12.5. The molecule has 0 fully saturated rings. The third-order valence-corrected chi connectivity index (χ3v) is 8.81. The first kappa shape index (κ1) is 16.4. The van der Waals surface area contributed by atoms with Crippen molar-refractivity contribution in [2.75, 3.05) is 0 Å². The molecule has 114 valence electrons. The maximum Gasteiger partial charge on any atom is 0.312 e.